The first kappa shape index (κ1) is 15.2. The van der Waals surface area contributed by atoms with Gasteiger partial charge in [0.05, 0.1) is 12.5 Å². The van der Waals surface area contributed by atoms with E-state index in [9.17, 15) is 9.59 Å². The highest BCUT2D eigenvalue weighted by atomic mass is 16.5. The maximum atomic E-state index is 12.9. The van der Waals surface area contributed by atoms with Crippen molar-refractivity contribution >= 4 is 12.0 Å². The maximum Gasteiger partial charge on any atom is 0.407 e. The highest BCUT2D eigenvalue weighted by Gasteiger charge is 2.61. The molecule has 3 atom stereocenters. The largest absolute Gasteiger partial charge is 0.450 e. The Kier molecular flexibility index (Phi) is 3.34. The Balaban J connectivity index is 1.30. The molecule has 2 aliphatic carbocycles. The number of hydrogen-bond donors (Lipinski definition) is 1. The summed E-state index contributed by atoms with van der Waals surface area (Å²) in [5.41, 5.74) is 3.09. The van der Waals surface area contributed by atoms with Gasteiger partial charge in [0.2, 0.25) is 5.91 Å². The molecule has 2 aliphatic heterocycles. The van der Waals surface area contributed by atoms with E-state index in [0.717, 1.165) is 19.0 Å². The van der Waals surface area contributed by atoms with Crippen molar-refractivity contribution in [1.82, 2.24) is 10.2 Å². The topological polar surface area (TPSA) is 58.6 Å². The first-order chi connectivity index (χ1) is 12.2. The molecule has 5 rings (SSSR count). The van der Waals surface area contributed by atoms with Gasteiger partial charge in [-0.3, -0.25) is 4.79 Å². The number of rotatable bonds is 3. The van der Waals surface area contributed by atoms with Crippen molar-refractivity contribution in [3.05, 3.63) is 35.4 Å². The van der Waals surface area contributed by atoms with E-state index in [4.69, 9.17) is 4.74 Å². The first-order valence-corrected chi connectivity index (χ1v) is 9.45. The average Bonchev–Trinajstić information content (AvgIpc) is 3.54. The van der Waals surface area contributed by atoms with Crippen LogP contribution in [0.15, 0.2) is 24.3 Å². The van der Waals surface area contributed by atoms with Crippen LogP contribution in [0.3, 0.4) is 0 Å². The van der Waals surface area contributed by atoms with Crippen molar-refractivity contribution in [2.75, 3.05) is 26.2 Å². The number of nitrogens with zero attached hydrogens (tertiary/aromatic N) is 1. The number of amides is 2. The van der Waals surface area contributed by atoms with Crippen LogP contribution in [0.25, 0.3) is 0 Å². The van der Waals surface area contributed by atoms with Crippen molar-refractivity contribution in [3.63, 3.8) is 0 Å². The molecule has 132 valence electrons. The summed E-state index contributed by atoms with van der Waals surface area (Å²) in [5, 5.41) is 2.68. The lowest BCUT2D eigenvalue weighted by atomic mass is 9.92. The number of fused-ring (bicyclic) bond motifs is 1. The Labute approximate surface area is 147 Å². The van der Waals surface area contributed by atoms with E-state index in [-0.39, 0.29) is 17.2 Å². The van der Waals surface area contributed by atoms with Gasteiger partial charge >= 0.3 is 6.09 Å². The molecule has 5 heteroatoms. The number of alkyl carbamates (subject to hydrolysis) is 1. The standard InChI is InChI=1S/C20H24N2O3/c23-18(15-6-7-25-19(24)21-10-15)22-11-17-9-20(17,12-22)16-3-1-2-14(8-16)13-4-5-13/h1-3,8,13,15,17H,4-7,9-12H2,(H,21,24)/t15-,17?,20?/m1/s1. The summed E-state index contributed by atoms with van der Waals surface area (Å²) in [4.78, 5) is 26.2. The smallest absolute Gasteiger partial charge is 0.407 e. The predicted molar refractivity (Wildman–Crippen MR) is 92.2 cm³/mol. The van der Waals surface area contributed by atoms with Crippen molar-refractivity contribution < 1.29 is 14.3 Å². The van der Waals surface area contributed by atoms with Crippen LogP contribution in [0.5, 0.6) is 0 Å². The lowest BCUT2D eigenvalue weighted by Gasteiger charge is -2.25. The van der Waals surface area contributed by atoms with Gasteiger partial charge in [-0.05, 0) is 48.6 Å². The summed E-state index contributed by atoms with van der Waals surface area (Å²) in [6.45, 7) is 2.41. The van der Waals surface area contributed by atoms with Crippen molar-refractivity contribution in [1.29, 1.82) is 0 Å². The molecule has 4 fully saturated rings. The van der Waals surface area contributed by atoms with Gasteiger partial charge in [0.15, 0.2) is 0 Å². The van der Waals surface area contributed by atoms with Crippen LogP contribution in [-0.2, 0) is 14.9 Å². The molecule has 25 heavy (non-hydrogen) atoms. The summed E-state index contributed by atoms with van der Waals surface area (Å²) in [5.74, 6) is 1.39. The molecule has 2 saturated carbocycles. The Bertz CT molecular complexity index is 729. The maximum absolute atomic E-state index is 12.9. The molecule has 0 spiro atoms. The summed E-state index contributed by atoms with van der Waals surface area (Å²) < 4.78 is 4.99. The predicted octanol–water partition coefficient (Wildman–Crippen LogP) is 2.41. The van der Waals surface area contributed by atoms with Crippen molar-refractivity contribution in [2.45, 2.75) is 37.0 Å². The molecule has 2 unspecified atom stereocenters. The molecule has 2 saturated heterocycles. The Morgan fingerprint density at radius 1 is 1.28 bits per heavy atom. The molecule has 0 radical (unpaired) electrons. The molecule has 2 amide bonds. The minimum atomic E-state index is -0.409. The van der Waals surface area contributed by atoms with Gasteiger partial charge in [0, 0.05) is 25.0 Å². The third kappa shape index (κ3) is 2.60. The van der Waals surface area contributed by atoms with Crippen molar-refractivity contribution in [3.8, 4) is 0 Å². The average molecular weight is 340 g/mol. The number of benzene rings is 1. The van der Waals surface area contributed by atoms with E-state index < -0.39 is 6.09 Å². The van der Waals surface area contributed by atoms with E-state index in [1.807, 2.05) is 4.90 Å². The van der Waals surface area contributed by atoms with E-state index in [0.29, 0.717) is 25.5 Å². The molecule has 1 aromatic carbocycles. The Hall–Kier alpha value is -2.04. The number of nitrogens with one attached hydrogen (secondary N) is 1. The number of carbonyl (C=O) groups is 2. The van der Waals surface area contributed by atoms with Gasteiger partial charge in [-0.25, -0.2) is 4.79 Å². The van der Waals surface area contributed by atoms with Gasteiger partial charge in [0.25, 0.3) is 0 Å². The van der Waals surface area contributed by atoms with Gasteiger partial charge in [0.1, 0.15) is 0 Å². The minimum absolute atomic E-state index is 0.154. The van der Waals surface area contributed by atoms with Crippen LogP contribution in [-0.4, -0.2) is 43.1 Å². The molecule has 0 bridgehead atoms. The third-order valence-electron chi connectivity index (χ3n) is 6.51. The molecule has 5 nitrogen and oxygen atoms in total. The quantitative estimate of drug-likeness (QED) is 0.919. The van der Waals surface area contributed by atoms with Crippen LogP contribution >= 0.6 is 0 Å². The molecule has 2 heterocycles. The minimum Gasteiger partial charge on any atom is -0.450 e. The van der Waals surface area contributed by atoms with Gasteiger partial charge in [-0.1, -0.05) is 24.3 Å². The fourth-order valence-corrected chi connectivity index (χ4v) is 4.74. The van der Waals surface area contributed by atoms with Gasteiger partial charge in [-0.15, -0.1) is 0 Å². The first-order valence-electron chi connectivity index (χ1n) is 9.45. The second-order valence-corrected chi connectivity index (χ2v) is 8.18. The normalized spacial score (nSPS) is 33.9. The number of hydrogen-bond acceptors (Lipinski definition) is 3. The lowest BCUT2D eigenvalue weighted by Crippen LogP contribution is -2.41. The highest BCUT2D eigenvalue weighted by Crippen LogP contribution is 2.59. The second kappa shape index (κ2) is 5.48. The van der Waals surface area contributed by atoms with Crippen LogP contribution in [0.2, 0.25) is 0 Å². The molecule has 1 aromatic rings. The van der Waals surface area contributed by atoms with Crippen LogP contribution in [0, 0.1) is 11.8 Å². The Morgan fingerprint density at radius 3 is 3.00 bits per heavy atom. The Morgan fingerprint density at radius 2 is 2.16 bits per heavy atom. The van der Waals surface area contributed by atoms with E-state index in [2.05, 4.69) is 29.6 Å². The molecule has 4 aliphatic rings. The fourth-order valence-electron chi connectivity index (χ4n) is 4.74. The van der Waals surface area contributed by atoms with E-state index in [1.54, 1.807) is 0 Å². The number of likely N-dealkylation sites (tertiary alicyclic amines) is 1. The summed E-state index contributed by atoms with van der Waals surface area (Å²) >= 11 is 0. The lowest BCUT2D eigenvalue weighted by molar-refractivity contribution is -0.135. The summed E-state index contributed by atoms with van der Waals surface area (Å²) in [7, 11) is 0. The van der Waals surface area contributed by atoms with E-state index >= 15 is 0 Å². The highest BCUT2D eigenvalue weighted by molar-refractivity contribution is 5.81. The van der Waals surface area contributed by atoms with Crippen LogP contribution in [0.1, 0.15) is 42.7 Å². The second-order valence-electron chi connectivity index (χ2n) is 8.18. The number of cyclic esters (lactones) is 1. The summed E-state index contributed by atoms with van der Waals surface area (Å²) in [6, 6.07) is 9.09. The van der Waals surface area contributed by atoms with Gasteiger partial charge in [-0.2, -0.15) is 0 Å². The zero-order valence-electron chi connectivity index (χ0n) is 14.4. The zero-order valence-corrected chi connectivity index (χ0v) is 14.4. The monoisotopic (exact) mass is 340 g/mol. The van der Waals surface area contributed by atoms with E-state index in [1.165, 1.54) is 30.4 Å². The third-order valence-corrected chi connectivity index (χ3v) is 6.51. The molecular weight excluding hydrogens is 316 g/mol. The van der Waals surface area contributed by atoms with Gasteiger partial charge < -0.3 is 15.0 Å². The number of piperidine rings is 1. The SMILES string of the molecule is O=C1NC[C@H](C(=O)N2CC3CC3(c3cccc(C4CC4)c3)C2)CCO1. The fraction of sp³-hybridized carbons (Fsp3) is 0.600. The zero-order chi connectivity index (χ0) is 17.0. The van der Waals surface area contributed by atoms with Crippen molar-refractivity contribution in [2.24, 2.45) is 11.8 Å². The van der Waals surface area contributed by atoms with Crippen LogP contribution < -0.4 is 5.32 Å². The summed E-state index contributed by atoms with van der Waals surface area (Å²) in [6.07, 6.45) is 4.05. The molecular formula is C20H24N2O3. The number of ether oxygens (including phenoxy) is 1. The molecule has 1 N–H and O–H groups in total. The number of carbonyl (C=O) groups excluding carboxylic acids is 2. The molecule has 0 aromatic heterocycles. The van der Waals surface area contributed by atoms with Crippen LogP contribution in [0.4, 0.5) is 4.79 Å².